The molecule has 0 N–H and O–H groups in total. The van der Waals surface area contributed by atoms with E-state index in [1.807, 2.05) is 0 Å². The van der Waals surface area contributed by atoms with Crippen LogP contribution in [0.25, 0.3) is 0 Å². The van der Waals surface area contributed by atoms with Gasteiger partial charge in [-0.3, -0.25) is 0 Å². The SMILES string of the molecule is CCCCCC1(CCCN(C)C)OCc2ccccc21. The van der Waals surface area contributed by atoms with E-state index in [1.165, 1.54) is 43.2 Å². The van der Waals surface area contributed by atoms with Crippen LogP contribution in [0.5, 0.6) is 0 Å². The zero-order chi connectivity index (χ0) is 14.4. The summed E-state index contributed by atoms with van der Waals surface area (Å²) in [5.41, 5.74) is 2.84. The van der Waals surface area contributed by atoms with Gasteiger partial charge in [0.1, 0.15) is 0 Å². The van der Waals surface area contributed by atoms with Crippen molar-refractivity contribution < 1.29 is 4.74 Å². The first-order valence-electron chi connectivity index (χ1n) is 8.05. The first-order valence-corrected chi connectivity index (χ1v) is 8.05. The summed E-state index contributed by atoms with van der Waals surface area (Å²) >= 11 is 0. The molecule has 0 spiro atoms. The highest BCUT2D eigenvalue weighted by Crippen LogP contribution is 2.43. The molecule has 1 aliphatic rings. The lowest BCUT2D eigenvalue weighted by atomic mass is 9.83. The van der Waals surface area contributed by atoms with Crippen molar-refractivity contribution in [3.05, 3.63) is 35.4 Å². The Kier molecular flexibility index (Phi) is 5.62. The zero-order valence-electron chi connectivity index (χ0n) is 13.3. The Balaban J connectivity index is 2.09. The Labute approximate surface area is 124 Å². The van der Waals surface area contributed by atoms with Crippen molar-refractivity contribution in [2.24, 2.45) is 0 Å². The number of ether oxygens (including phenoxy) is 1. The predicted molar refractivity (Wildman–Crippen MR) is 84.8 cm³/mol. The van der Waals surface area contributed by atoms with Crippen LogP contribution in [-0.2, 0) is 16.9 Å². The number of nitrogens with zero attached hydrogens (tertiary/aromatic N) is 1. The fraction of sp³-hybridized carbons (Fsp3) is 0.667. The van der Waals surface area contributed by atoms with Gasteiger partial charge in [0.05, 0.1) is 12.2 Å². The minimum atomic E-state index is -0.0121. The van der Waals surface area contributed by atoms with Crippen LogP contribution in [-0.4, -0.2) is 25.5 Å². The topological polar surface area (TPSA) is 12.5 Å². The molecule has 1 aromatic carbocycles. The molecule has 0 aromatic heterocycles. The van der Waals surface area contributed by atoms with Crippen LogP contribution in [0.2, 0.25) is 0 Å². The van der Waals surface area contributed by atoms with Crippen LogP contribution in [0, 0.1) is 0 Å². The Morgan fingerprint density at radius 3 is 2.60 bits per heavy atom. The molecule has 0 fully saturated rings. The zero-order valence-corrected chi connectivity index (χ0v) is 13.3. The Morgan fingerprint density at radius 2 is 1.85 bits per heavy atom. The Morgan fingerprint density at radius 1 is 1.10 bits per heavy atom. The van der Waals surface area contributed by atoms with Gasteiger partial charge < -0.3 is 9.64 Å². The molecule has 0 aliphatic carbocycles. The second-order valence-corrected chi connectivity index (χ2v) is 6.30. The molecule has 0 amide bonds. The van der Waals surface area contributed by atoms with Gasteiger partial charge in [-0.1, -0.05) is 50.5 Å². The average molecular weight is 275 g/mol. The van der Waals surface area contributed by atoms with Crippen molar-refractivity contribution in [3.8, 4) is 0 Å². The fourth-order valence-electron chi connectivity index (χ4n) is 3.26. The fourth-order valence-corrected chi connectivity index (χ4v) is 3.26. The van der Waals surface area contributed by atoms with Crippen LogP contribution in [0.15, 0.2) is 24.3 Å². The third-order valence-electron chi connectivity index (χ3n) is 4.38. The molecule has 0 saturated carbocycles. The number of fused-ring (bicyclic) bond motifs is 1. The Bertz CT molecular complexity index is 416. The number of unbranched alkanes of at least 4 members (excludes halogenated alkanes) is 2. The number of rotatable bonds is 8. The molecular formula is C18H29NO. The summed E-state index contributed by atoms with van der Waals surface area (Å²) in [6.45, 7) is 4.20. The van der Waals surface area contributed by atoms with E-state index in [-0.39, 0.29) is 5.60 Å². The maximum Gasteiger partial charge on any atom is 0.0939 e. The number of hydrogen-bond donors (Lipinski definition) is 0. The van der Waals surface area contributed by atoms with Gasteiger partial charge in [0.15, 0.2) is 0 Å². The van der Waals surface area contributed by atoms with E-state index in [4.69, 9.17) is 4.74 Å². The maximum atomic E-state index is 6.32. The summed E-state index contributed by atoms with van der Waals surface area (Å²) in [5.74, 6) is 0. The molecule has 2 heteroatoms. The first kappa shape index (κ1) is 15.5. The lowest BCUT2D eigenvalue weighted by Crippen LogP contribution is -2.27. The standard InChI is InChI=1S/C18H29NO/c1-4-5-8-12-18(13-9-14-19(2)3)17-11-7-6-10-16(17)15-20-18/h6-7,10-11H,4-5,8-9,12-15H2,1-3H3. The van der Waals surface area contributed by atoms with Gasteiger partial charge in [0.2, 0.25) is 0 Å². The van der Waals surface area contributed by atoms with Crippen molar-refractivity contribution in [1.29, 1.82) is 0 Å². The molecule has 1 atom stereocenters. The highest BCUT2D eigenvalue weighted by molar-refractivity contribution is 5.35. The molecule has 112 valence electrons. The molecule has 0 radical (unpaired) electrons. The second-order valence-electron chi connectivity index (χ2n) is 6.30. The average Bonchev–Trinajstić information content (AvgIpc) is 2.79. The summed E-state index contributed by atoms with van der Waals surface area (Å²) in [7, 11) is 4.29. The molecular weight excluding hydrogens is 246 g/mol. The smallest absolute Gasteiger partial charge is 0.0939 e. The van der Waals surface area contributed by atoms with Gasteiger partial charge in [0, 0.05) is 0 Å². The largest absolute Gasteiger partial charge is 0.366 e. The summed E-state index contributed by atoms with van der Waals surface area (Å²) in [6.07, 6.45) is 7.37. The highest BCUT2D eigenvalue weighted by atomic mass is 16.5. The van der Waals surface area contributed by atoms with E-state index in [0.29, 0.717) is 0 Å². The van der Waals surface area contributed by atoms with E-state index >= 15 is 0 Å². The van der Waals surface area contributed by atoms with Gasteiger partial charge in [-0.15, -0.1) is 0 Å². The lowest BCUT2D eigenvalue weighted by molar-refractivity contribution is -0.0544. The van der Waals surface area contributed by atoms with E-state index in [9.17, 15) is 0 Å². The Hall–Kier alpha value is -0.860. The second kappa shape index (κ2) is 7.24. The van der Waals surface area contributed by atoms with E-state index in [2.05, 4.69) is 50.2 Å². The summed E-state index contributed by atoms with van der Waals surface area (Å²) in [5, 5.41) is 0. The van der Waals surface area contributed by atoms with Crippen molar-refractivity contribution >= 4 is 0 Å². The molecule has 0 saturated heterocycles. The molecule has 1 aromatic rings. The van der Waals surface area contributed by atoms with Gasteiger partial charge in [-0.05, 0) is 51.0 Å². The van der Waals surface area contributed by atoms with E-state index in [0.717, 1.165) is 19.6 Å². The first-order chi connectivity index (χ1) is 9.68. The number of hydrogen-bond acceptors (Lipinski definition) is 2. The van der Waals surface area contributed by atoms with Gasteiger partial charge in [-0.2, -0.15) is 0 Å². The van der Waals surface area contributed by atoms with E-state index in [1.54, 1.807) is 0 Å². The minimum absolute atomic E-state index is 0.0121. The molecule has 2 nitrogen and oxygen atoms in total. The third kappa shape index (κ3) is 3.62. The van der Waals surface area contributed by atoms with Crippen molar-refractivity contribution in [2.45, 2.75) is 57.7 Å². The van der Waals surface area contributed by atoms with Crippen molar-refractivity contribution in [1.82, 2.24) is 4.90 Å². The maximum absolute atomic E-state index is 6.32. The number of benzene rings is 1. The van der Waals surface area contributed by atoms with Crippen molar-refractivity contribution in [2.75, 3.05) is 20.6 Å². The monoisotopic (exact) mass is 275 g/mol. The van der Waals surface area contributed by atoms with Gasteiger partial charge in [-0.25, -0.2) is 0 Å². The van der Waals surface area contributed by atoms with Crippen LogP contribution < -0.4 is 0 Å². The summed E-state index contributed by atoms with van der Waals surface area (Å²) in [4.78, 5) is 2.26. The summed E-state index contributed by atoms with van der Waals surface area (Å²) < 4.78 is 6.32. The van der Waals surface area contributed by atoms with Crippen LogP contribution in [0.3, 0.4) is 0 Å². The van der Waals surface area contributed by atoms with Gasteiger partial charge in [0.25, 0.3) is 0 Å². The molecule has 2 rings (SSSR count). The molecule has 1 aliphatic heterocycles. The van der Waals surface area contributed by atoms with Gasteiger partial charge >= 0.3 is 0 Å². The summed E-state index contributed by atoms with van der Waals surface area (Å²) in [6, 6.07) is 8.80. The normalized spacial score (nSPS) is 21.4. The van der Waals surface area contributed by atoms with Crippen LogP contribution >= 0.6 is 0 Å². The predicted octanol–water partition coefficient (Wildman–Crippen LogP) is 4.33. The molecule has 0 bridgehead atoms. The lowest BCUT2D eigenvalue weighted by Gasteiger charge is -2.30. The highest BCUT2D eigenvalue weighted by Gasteiger charge is 2.38. The molecule has 1 unspecified atom stereocenters. The van der Waals surface area contributed by atoms with Crippen LogP contribution in [0.4, 0.5) is 0 Å². The molecule has 1 heterocycles. The van der Waals surface area contributed by atoms with E-state index < -0.39 is 0 Å². The van der Waals surface area contributed by atoms with Crippen LogP contribution in [0.1, 0.15) is 56.6 Å². The third-order valence-corrected chi connectivity index (χ3v) is 4.38. The van der Waals surface area contributed by atoms with Crippen molar-refractivity contribution in [3.63, 3.8) is 0 Å². The minimum Gasteiger partial charge on any atom is -0.366 e. The quantitative estimate of drug-likeness (QED) is 0.655. The molecule has 20 heavy (non-hydrogen) atoms.